The van der Waals surface area contributed by atoms with Crippen LogP contribution in [0.3, 0.4) is 0 Å². The molecule has 0 saturated carbocycles. The zero-order valence-corrected chi connectivity index (χ0v) is 15.3. The van der Waals surface area contributed by atoms with Crippen molar-refractivity contribution in [3.8, 4) is 0 Å². The molecule has 0 aromatic carbocycles. The molecule has 4 heterocycles. The highest BCUT2D eigenvalue weighted by atomic mass is 16.5. The average Bonchev–Trinajstić information content (AvgIpc) is 3.21. The molecule has 0 bridgehead atoms. The second-order valence-electron chi connectivity index (χ2n) is 7.44. The molecule has 7 heteroatoms. The van der Waals surface area contributed by atoms with Gasteiger partial charge in [-0.15, -0.1) is 0 Å². The fraction of sp³-hybridized carbons (Fsp3) is 0.684. The summed E-state index contributed by atoms with van der Waals surface area (Å²) >= 11 is 0. The molecule has 0 N–H and O–H groups in total. The molecule has 1 aromatic heterocycles. The van der Waals surface area contributed by atoms with Gasteiger partial charge in [0.25, 0.3) is 5.91 Å². The first-order chi connectivity index (χ1) is 12.6. The standard InChI is InChI=1S/C19H26N4O3/c1-13(24)23-8-3-2-5-16(23)18-20-11-14-12-22(9-7-15(14)21-18)19(25)17-6-4-10-26-17/h11,16-17H,2-10,12H2,1H3/t16-,17+/m1/s1. The van der Waals surface area contributed by atoms with Crippen molar-refractivity contribution in [2.45, 2.75) is 64.1 Å². The van der Waals surface area contributed by atoms with Crippen molar-refractivity contribution in [2.75, 3.05) is 19.7 Å². The number of hydrogen-bond donors (Lipinski definition) is 0. The molecular weight excluding hydrogens is 332 g/mol. The summed E-state index contributed by atoms with van der Waals surface area (Å²) in [5.41, 5.74) is 2.02. The van der Waals surface area contributed by atoms with Crippen molar-refractivity contribution in [1.82, 2.24) is 19.8 Å². The maximum absolute atomic E-state index is 12.6. The van der Waals surface area contributed by atoms with E-state index in [1.165, 1.54) is 0 Å². The molecule has 2 fully saturated rings. The van der Waals surface area contributed by atoms with Crippen molar-refractivity contribution < 1.29 is 14.3 Å². The van der Waals surface area contributed by atoms with Crippen LogP contribution in [0.15, 0.2) is 6.20 Å². The first-order valence-corrected chi connectivity index (χ1v) is 9.66. The summed E-state index contributed by atoms with van der Waals surface area (Å²) in [6.07, 6.45) is 7.14. The SMILES string of the molecule is CC(=O)N1CCCC[C@@H]1c1ncc2c(n1)CCN(C(=O)[C@@H]1CCCO1)C2. The van der Waals surface area contributed by atoms with Crippen LogP contribution in [0.25, 0.3) is 0 Å². The number of piperidine rings is 1. The predicted octanol–water partition coefficient (Wildman–Crippen LogP) is 1.61. The zero-order chi connectivity index (χ0) is 18.1. The minimum atomic E-state index is -0.275. The van der Waals surface area contributed by atoms with Gasteiger partial charge in [0, 0.05) is 51.3 Å². The van der Waals surface area contributed by atoms with E-state index in [2.05, 4.69) is 4.98 Å². The second-order valence-corrected chi connectivity index (χ2v) is 7.44. The van der Waals surface area contributed by atoms with Crippen LogP contribution in [-0.2, 0) is 27.3 Å². The van der Waals surface area contributed by atoms with Gasteiger partial charge in [-0.2, -0.15) is 0 Å². The lowest BCUT2D eigenvalue weighted by molar-refractivity contribution is -0.142. The van der Waals surface area contributed by atoms with Gasteiger partial charge in [0.1, 0.15) is 6.10 Å². The van der Waals surface area contributed by atoms with Gasteiger partial charge in [-0.1, -0.05) is 0 Å². The number of nitrogens with zero attached hydrogens (tertiary/aromatic N) is 4. The Labute approximate surface area is 153 Å². The largest absolute Gasteiger partial charge is 0.368 e. The van der Waals surface area contributed by atoms with Crippen LogP contribution >= 0.6 is 0 Å². The molecule has 26 heavy (non-hydrogen) atoms. The molecule has 0 spiro atoms. The number of fused-ring (bicyclic) bond motifs is 1. The zero-order valence-electron chi connectivity index (χ0n) is 15.3. The Morgan fingerprint density at radius 1 is 1.19 bits per heavy atom. The number of aromatic nitrogens is 2. The lowest BCUT2D eigenvalue weighted by Crippen LogP contribution is -2.42. The third kappa shape index (κ3) is 3.32. The van der Waals surface area contributed by atoms with E-state index in [0.717, 1.165) is 62.2 Å². The molecule has 2 amide bonds. The van der Waals surface area contributed by atoms with E-state index >= 15 is 0 Å². The molecule has 0 radical (unpaired) electrons. The van der Waals surface area contributed by atoms with E-state index in [0.29, 0.717) is 19.7 Å². The maximum Gasteiger partial charge on any atom is 0.252 e. The van der Waals surface area contributed by atoms with Crippen molar-refractivity contribution in [2.24, 2.45) is 0 Å². The first kappa shape index (κ1) is 17.4. The smallest absolute Gasteiger partial charge is 0.252 e. The van der Waals surface area contributed by atoms with Gasteiger partial charge in [-0.05, 0) is 32.1 Å². The average molecular weight is 358 g/mol. The molecule has 0 unspecified atom stereocenters. The first-order valence-electron chi connectivity index (χ1n) is 9.66. The summed E-state index contributed by atoms with van der Waals surface area (Å²) in [7, 11) is 0. The number of ether oxygens (including phenoxy) is 1. The highest BCUT2D eigenvalue weighted by molar-refractivity contribution is 5.81. The van der Waals surface area contributed by atoms with Crippen molar-refractivity contribution in [1.29, 1.82) is 0 Å². The number of carbonyl (C=O) groups is 2. The summed E-state index contributed by atoms with van der Waals surface area (Å²) in [6, 6.07) is -0.0156. The monoisotopic (exact) mass is 358 g/mol. The Balaban J connectivity index is 1.50. The molecule has 1 aromatic rings. The highest BCUT2D eigenvalue weighted by Gasteiger charge is 2.32. The van der Waals surface area contributed by atoms with E-state index in [9.17, 15) is 9.59 Å². The van der Waals surface area contributed by atoms with Gasteiger partial charge in [-0.25, -0.2) is 9.97 Å². The van der Waals surface area contributed by atoms with Gasteiger partial charge >= 0.3 is 0 Å². The summed E-state index contributed by atoms with van der Waals surface area (Å²) in [6.45, 7) is 4.30. The third-order valence-electron chi connectivity index (χ3n) is 5.67. The molecule has 0 aliphatic carbocycles. The number of rotatable bonds is 2. The van der Waals surface area contributed by atoms with E-state index in [1.807, 2.05) is 16.0 Å². The van der Waals surface area contributed by atoms with Gasteiger partial charge in [0.05, 0.1) is 11.7 Å². The number of likely N-dealkylation sites (tertiary alicyclic amines) is 1. The molecule has 140 valence electrons. The van der Waals surface area contributed by atoms with Crippen molar-refractivity contribution in [3.05, 3.63) is 23.3 Å². The summed E-state index contributed by atoms with van der Waals surface area (Å²) < 4.78 is 5.53. The Morgan fingerprint density at radius 3 is 2.85 bits per heavy atom. The molecule has 7 nitrogen and oxygen atoms in total. The molecule has 4 rings (SSSR count). The minimum Gasteiger partial charge on any atom is -0.368 e. The van der Waals surface area contributed by atoms with Crippen LogP contribution in [0.4, 0.5) is 0 Å². The Hall–Kier alpha value is -2.02. The van der Waals surface area contributed by atoms with Gasteiger partial charge in [-0.3, -0.25) is 9.59 Å². The van der Waals surface area contributed by atoms with E-state index in [-0.39, 0.29) is 24.0 Å². The van der Waals surface area contributed by atoms with Crippen LogP contribution in [0, 0.1) is 0 Å². The Morgan fingerprint density at radius 2 is 2.08 bits per heavy atom. The van der Waals surface area contributed by atoms with Crippen LogP contribution in [0.5, 0.6) is 0 Å². The minimum absolute atomic E-state index is 0.0156. The van der Waals surface area contributed by atoms with Crippen molar-refractivity contribution >= 4 is 11.8 Å². The third-order valence-corrected chi connectivity index (χ3v) is 5.67. The molecule has 2 saturated heterocycles. The summed E-state index contributed by atoms with van der Waals surface area (Å²) in [5, 5.41) is 0. The number of carbonyl (C=O) groups excluding carboxylic acids is 2. The molecule has 2 atom stereocenters. The quantitative estimate of drug-likeness (QED) is 0.803. The fourth-order valence-electron chi connectivity index (χ4n) is 4.23. The topological polar surface area (TPSA) is 75.6 Å². The summed E-state index contributed by atoms with van der Waals surface area (Å²) in [4.78, 5) is 37.6. The van der Waals surface area contributed by atoms with Crippen LogP contribution < -0.4 is 0 Å². The predicted molar refractivity (Wildman–Crippen MR) is 94.1 cm³/mol. The van der Waals surface area contributed by atoms with E-state index in [4.69, 9.17) is 9.72 Å². The fourth-order valence-corrected chi connectivity index (χ4v) is 4.23. The molecule has 3 aliphatic heterocycles. The lowest BCUT2D eigenvalue weighted by atomic mass is 10.00. The van der Waals surface area contributed by atoms with E-state index in [1.54, 1.807) is 6.92 Å². The van der Waals surface area contributed by atoms with Crippen molar-refractivity contribution in [3.63, 3.8) is 0 Å². The van der Waals surface area contributed by atoms with Crippen LogP contribution in [0.1, 0.15) is 62.2 Å². The molecular formula is C19H26N4O3. The maximum atomic E-state index is 12.6. The van der Waals surface area contributed by atoms with Gasteiger partial charge in [0.15, 0.2) is 5.82 Å². The second kappa shape index (κ2) is 7.31. The molecule has 3 aliphatic rings. The Kier molecular flexibility index (Phi) is 4.89. The van der Waals surface area contributed by atoms with Gasteiger partial charge in [0.2, 0.25) is 5.91 Å². The summed E-state index contributed by atoms with van der Waals surface area (Å²) in [5.74, 6) is 0.925. The van der Waals surface area contributed by atoms with Gasteiger partial charge < -0.3 is 14.5 Å². The number of amides is 2. The van der Waals surface area contributed by atoms with E-state index < -0.39 is 0 Å². The normalized spacial score (nSPS) is 25.9. The highest BCUT2D eigenvalue weighted by Crippen LogP contribution is 2.30. The van der Waals surface area contributed by atoms with Crippen LogP contribution in [-0.4, -0.2) is 57.4 Å². The lowest BCUT2D eigenvalue weighted by Gasteiger charge is -2.35. The number of hydrogen-bond acceptors (Lipinski definition) is 5. The van der Waals surface area contributed by atoms with Crippen LogP contribution in [0.2, 0.25) is 0 Å². The Bertz CT molecular complexity index is 702.